The van der Waals surface area contributed by atoms with Crippen molar-refractivity contribution >= 4 is 11.9 Å². The molecule has 5 heteroatoms. The van der Waals surface area contributed by atoms with E-state index in [9.17, 15) is 9.59 Å². The molecule has 0 atom stereocenters. The van der Waals surface area contributed by atoms with Gasteiger partial charge in [0.05, 0.1) is 13.1 Å². The predicted octanol–water partition coefficient (Wildman–Crippen LogP) is -0.468. The molecular formula is C10H16N2O3. The quantitative estimate of drug-likeness (QED) is 0.560. The third-order valence-corrected chi connectivity index (χ3v) is 1.83. The van der Waals surface area contributed by atoms with E-state index in [1.54, 1.807) is 11.9 Å². The Labute approximate surface area is 89.4 Å². The Kier molecular flexibility index (Phi) is 7.02. The van der Waals surface area contributed by atoms with Crippen LogP contribution in [0.3, 0.4) is 0 Å². The van der Waals surface area contributed by atoms with Crippen LogP contribution in [-0.2, 0) is 9.59 Å². The topological polar surface area (TPSA) is 69.6 Å². The van der Waals surface area contributed by atoms with Gasteiger partial charge in [0.15, 0.2) is 0 Å². The van der Waals surface area contributed by atoms with Crippen molar-refractivity contribution in [1.29, 1.82) is 0 Å². The summed E-state index contributed by atoms with van der Waals surface area (Å²) < 4.78 is 0. The zero-order valence-electron chi connectivity index (χ0n) is 8.82. The second-order valence-corrected chi connectivity index (χ2v) is 3.09. The van der Waals surface area contributed by atoms with Crippen LogP contribution in [0, 0.1) is 12.3 Å². The average Bonchev–Trinajstić information content (AvgIpc) is 2.16. The number of hydrogen-bond acceptors (Lipinski definition) is 3. The largest absolute Gasteiger partial charge is 0.480 e. The minimum absolute atomic E-state index is 0.0500. The molecule has 0 saturated carbocycles. The van der Waals surface area contributed by atoms with Gasteiger partial charge in [-0.3, -0.25) is 14.5 Å². The predicted molar refractivity (Wildman–Crippen MR) is 56.2 cm³/mol. The maximum Gasteiger partial charge on any atom is 0.317 e. The normalized spacial score (nSPS) is 9.67. The molecule has 0 aliphatic carbocycles. The van der Waals surface area contributed by atoms with Gasteiger partial charge in [-0.1, -0.05) is 5.92 Å². The molecule has 0 aromatic carbocycles. The van der Waals surface area contributed by atoms with Gasteiger partial charge in [-0.2, -0.15) is 0 Å². The molecule has 2 N–H and O–H groups in total. The van der Waals surface area contributed by atoms with Crippen LogP contribution in [0.15, 0.2) is 0 Å². The lowest BCUT2D eigenvalue weighted by Gasteiger charge is -2.16. The highest BCUT2D eigenvalue weighted by Crippen LogP contribution is 1.95. The van der Waals surface area contributed by atoms with Crippen molar-refractivity contribution in [3.8, 4) is 12.3 Å². The summed E-state index contributed by atoms with van der Waals surface area (Å²) in [6.45, 7) is 0.724. The first-order valence-electron chi connectivity index (χ1n) is 4.68. The number of carboxylic acid groups (broad SMARTS) is 1. The first kappa shape index (κ1) is 13.5. The van der Waals surface area contributed by atoms with E-state index in [0.717, 1.165) is 0 Å². The Balaban J connectivity index is 3.81. The van der Waals surface area contributed by atoms with Crippen LogP contribution in [0.2, 0.25) is 0 Å². The molecule has 0 spiro atoms. The summed E-state index contributed by atoms with van der Waals surface area (Å²) in [4.78, 5) is 23.0. The maximum absolute atomic E-state index is 10.9. The summed E-state index contributed by atoms with van der Waals surface area (Å²) >= 11 is 0. The monoisotopic (exact) mass is 212 g/mol. The van der Waals surface area contributed by atoms with Gasteiger partial charge in [-0.05, 0) is 6.42 Å². The Morgan fingerprint density at radius 1 is 1.53 bits per heavy atom. The second-order valence-electron chi connectivity index (χ2n) is 3.09. The standard InChI is InChI=1S/C10H16N2O3/c1-3-6-12(8-10(14)15)7-4-5-9(13)11-2/h1H,4-8H2,2H3,(H,11,13)(H,14,15). The lowest BCUT2D eigenvalue weighted by atomic mass is 10.2. The van der Waals surface area contributed by atoms with E-state index in [2.05, 4.69) is 11.2 Å². The molecule has 0 rings (SSSR count). The number of carboxylic acids is 1. The van der Waals surface area contributed by atoms with Gasteiger partial charge in [0.2, 0.25) is 5.91 Å². The molecule has 0 radical (unpaired) electrons. The van der Waals surface area contributed by atoms with Gasteiger partial charge in [0.1, 0.15) is 0 Å². The van der Waals surface area contributed by atoms with Crippen molar-refractivity contribution in [2.75, 3.05) is 26.7 Å². The fraction of sp³-hybridized carbons (Fsp3) is 0.600. The Morgan fingerprint density at radius 3 is 2.67 bits per heavy atom. The zero-order chi connectivity index (χ0) is 11.7. The fourth-order valence-electron chi connectivity index (χ4n) is 1.12. The molecule has 1 amide bonds. The van der Waals surface area contributed by atoms with Gasteiger partial charge >= 0.3 is 5.97 Å². The second kappa shape index (κ2) is 7.83. The van der Waals surface area contributed by atoms with Crippen LogP contribution in [0.5, 0.6) is 0 Å². The number of aliphatic carboxylic acids is 1. The molecule has 15 heavy (non-hydrogen) atoms. The molecule has 0 unspecified atom stereocenters. The van der Waals surface area contributed by atoms with Crippen molar-refractivity contribution < 1.29 is 14.7 Å². The summed E-state index contributed by atoms with van der Waals surface area (Å²) in [7, 11) is 1.57. The van der Waals surface area contributed by atoms with Crippen LogP contribution in [0.4, 0.5) is 0 Å². The molecule has 0 aliphatic rings. The van der Waals surface area contributed by atoms with Crippen LogP contribution in [0.1, 0.15) is 12.8 Å². The number of terminal acetylenes is 1. The summed E-state index contributed by atoms with van der Waals surface area (Å²) in [5.41, 5.74) is 0. The molecule has 0 aromatic rings. The number of nitrogens with zero attached hydrogens (tertiary/aromatic N) is 1. The first-order chi connectivity index (χ1) is 7.10. The minimum atomic E-state index is -0.912. The van der Waals surface area contributed by atoms with Crippen molar-refractivity contribution in [1.82, 2.24) is 10.2 Å². The van der Waals surface area contributed by atoms with Crippen LogP contribution in [0.25, 0.3) is 0 Å². The number of hydrogen-bond donors (Lipinski definition) is 2. The summed E-state index contributed by atoms with van der Waals surface area (Å²) in [5.74, 6) is 1.43. The highest BCUT2D eigenvalue weighted by Gasteiger charge is 2.08. The van der Waals surface area contributed by atoms with E-state index in [0.29, 0.717) is 25.9 Å². The fourth-order valence-corrected chi connectivity index (χ4v) is 1.12. The molecule has 0 heterocycles. The lowest BCUT2D eigenvalue weighted by molar-refractivity contribution is -0.138. The Bertz CT molecular complexity index is 258. The highest BCUT2D eigenvalue weighted by molar-refractivity contribution is 5.75. The SMILES string of the molecule is C#CCN(CCCC(=O)NC)CC(=O)O. The number of rotatable bonds is 7. The van der Waals surface area contributed by atoms with Crippen molar-refractivity contribution in [3.63, 3.8) is 0 Å². The Morgan fingerprint density at radius 2 is 2.20 bits per heavy atom. The smallest absolute Gasteiger partial charge is 0.317 e. The van der Waals surface area contributed by atoms with Gasteiger partial charge in [-0.15, -0.1) is 6.42 Å². The molecule has 0 aromatic heterocycles. The van der Waals surface area contributed by atoms with Gasteiger partial charge in [-0.25, -0.2) is 0 Å². The van der Waals surface area contributed by atoms with E-state index >= 15 is 0 Å². The molecule has 0 fully saturated rings. The third-order valence-electron chi connectivity index (χ3n) is 1.83. The first-order valence-corrected chi connectivity index (χ1v) is 4.68. The minimum Gasteiger partial charge on any atom is -0.480 e. The molecule has 0 bridgehead atoms. The van der Waals surface area contributed by atoms with Gasteiger partial charge in [0, 0.05) is 20.0 Å². The molecule has 0 aliphatic heterocycles. The number of carbonyl (C=O) groups excluding carboxylic acids is 1. The third kappa shape index (κ3) is 7.52. The molecule has 0 saturated heterocycles. The molecule has 5 nitrogen and oxygen atoms in total. The Hall–Kier alpha value is -1.54. The lowest BCUT2D eigenvalue weighted by Crippen LogP contribution is -2.31. The van der Waals surface area contributed by atoms with Crippen molar-refractivity contribution in [3.05, 3.63) is 0 Å². The molecular weight excluding hydrogens is 196 g/mol. The average molecular weight is 212 g/mol. The summed E-state index contributed by atoms with van der Waals surface area (Å²) in [5, 5.41) is 11.1. The highest BCUT2D eigenvalue weighted by atomic mass is 16.4. The molecule has 84 valence electrons. The maximum atomic E-state index is 10.9. The van der Waals surface area contributed by atoms with E-state index in [1.807, 2.05) is 0 Å². The van der Waals surface area contributed by atoms with E-state index in [4.69, 9.17) is 11.5 Å². The number of amides is 1. The zero-order valence-corrected chi connectivity index (χ0v) is 8.82. The number of nitrogens with one attached hydrogen (secondary N) is 1. The number of carbonyl (C=O) groups is 2. The van der Waals surface area contributed by atoms with Crippen molar-refractivity contribution in [2.45, 2.75) is 12.8 Å². The van der Waals surface area contributed by atoms with E-state index < -0.39 is 5.97 Å². The van der Waals surface area contributed by atoms with E-state index in [-0.39, 0.29) is 12.5 Å². The summed E-state index contributed by atoms with van der Waals surface area (Å²) in [6, 6.07) is 0. The van der Waals surface area contributed by atoms with Gasteiger partial charge in [0.25, 0.3) is 0 Å². The van der Waals surface area contributed by atoms with Gasteiger partial charge < -0.3 is 10.4 Å². The van der Waals surface area contributed by atoms with Crippen molar-refractivity contribution in [2.24, 2.45) is 0 Å². The van der Waals surface area contributed by atoms with Crippen LogP contribution in [-0.4, -0.2) is 48.6 Å². The van der Waals surface area contributed by atoms with E-state index in [1.165, 1.54) is 0 Å². The van der Waals surface area contributed by atoms with Crippen LogP contribution < -0.4 is 5.32 Å². The summed E-state index contributed by atoms with van der Waals surface area (Å²) in [6.07, 6.45) is 6.09. The van der Waals surface area contributed by atoms with Crippen LogP contribution >= 0.6 is 0 Å².